The Morgan fingerprint density at radius 3 is 2.24 bits per heavy atom. The molecule has 0 saturated carbocycles. The quantitative estimate of drug-likeness (QED) is 0.405. The zero-order valence-electron chi connectivity index (χ0n) is 19.0. The van der Waals surface area contributed by atoms with Crippen LogP contribution in [-0.4, -0.2) is 33.7 Å². The fourth-order valence-corrected chi connectivity index (χ4v) is 4.62. The van der Waals surface area contributed by atoms with E-state index in [1.54, 1.807) is 36.4 Å². The molecule has 2 aromatic carbocycles. The van der Waals surface area contributed by atoms with Gasteiger partial charge in [0.2, 0.25) is 0 Å². The normalized spacial score (nSPS) is 12.1. The topological polar surface area (TPSA) is 102 Å². The summed E-state index contributed by atoms with van der Waals surface area (Å²) < 4.78 is 14.6. The van der Waals surface area contributed by atoms with E-state index in [0.717, 1.165) is 4.57 Å². The van der Waals surface area contributed by atoms with E-state index in [1.807, 2.05) is 0 Å². The van der Waals surface area contributed by atoms with Gasteiger partial charge in [-0.05, 0) is 12.1 Å². The Bertz CT molecular complexity index is 1710. The molecule has 0 bridgehead atoms. The first-order valence-electron chi connectivity index (χ1n) is 10.5. The van der Waals surface area contributed by atoms with Crippen molar-refractivity contribution in [2.75, 3.05) is 14.2 Å². The molecule has 2 heterocycles. The summed E-state index contributed by atoms with van der Waals surface area (Å²) in [6, 6.07) is 11.7. The lowest BCUT2D eigenvalue weighted by atomic mass is 10.0. The zero-order valence-corrected chi connectivity index (χ0v) is 19.0. The maximum atomic E-state index is 14.0. The third kappa shape index (κ3) is 2.79. The Morgan fingerprint density at radius 1 is 0.853 bits per heavy atom. The van der Waals surface area contributed by atoms with Gasteiger partial charge in [-0.3, -0.25) is 23.5 Å². The van der Waals surface area contributed by atoms with Crippen molar-refractivity contribution in [2.45, 2.75) is 6.54 Å². The first-order valence-corrected chi connectivity index (χ1v) is 10.5. The van der Waals surface area contributed by atoms with Gasteiger partial charge in [0.1, 0.15) is 0 Å². The fraction of sp³-hybridized carbons (Fsp3) is 0.200. The molecule has 0 aliphatic heterocycles. The molecule has 9 nitrogen and oxygen atoms in total. The van der Waals surface area contributed by atoms with Gasteiger partial charge in [-0.15, -0.1) is 0 Å². The monoisotopic (exact) mass is 459 g/mol. The van der Waals surface area contributed by atoms with E-state index < -0.39 is 16.8 Å². The van der Waals surface area contributed by atoms with Gasteiger partial charge in [0.15, 0.2) is 17.3 Å². The highest BCUT2D eigenvalue weighted by atomic mass is 16.5. The van der Waals surface area contributed by atoms with E-state index in [-0.39, 0.29) is 23.5 Å². The van der Waals surface area contributed by atoms with E-state index in [1.165, 1.54) is 43.5 Å². The highest BCUT2D eigenvalue weighted by Crippen LogP contribution is 2.43. The maximum Gasteiger partial charge on any atom is 0.330 e. The standard InChI is InChI=1S/C25H21N3O6/c1-26-13(11-18(29)27(2)25(26)32)12-28-21-14-7-5-6-8-15(14)22(30)19(21)16-9-10-17(33-3)23(34-4)20(16)24(28)31/h5-11H,12H2,1-4H3. The van der Waals surface area contributed by atoms with Crippen molar-refractivity contribution in [3.8, 4) is 22.8 Å². The van der Waals surface area contributed by atoms with Gasteiger partial charge in [-0.25, -0.2) is 4.79 Å². The molecule has 0 unspecified atom stereocenters. The third-order valence-corrected chi connectivity index (χ3v) is 6.38. The third-order valence-electron chi connectivity index (χ3n) is 6.38. The Kier molecular flexibility index (Phi) is 4.78. The first-order chi connectivity index (χ1) is 16.3. The van der Waals surface area contributed by atoms with E-state index in [2.05, 4.69) is 0 Å². The van der Waals surface area contributed by atoms with Crippen LogP contribution in [0.25, 0.3) is 22.0 Å². The van der Waals surface area contributed by atoms with Crippen molar-refractivity contribution >= 4 is 16.6 Å². The number of fused-ring (bicyclic) bond motifs is 5. The number of hydrogen-bond acceptors (Lipinski definition) is 6. The van der Waals surface area contributed by atoms with Crippen LogP contribution < -0.4 is 26.3 Å². The lowest BCUT2D eigenvalue weighted by molar-refractivity contribution is 0.104. The summed E-state index contributed by atoms with van der Waals surface area (Å²) in [5.74, 6) is 0.347. The van der Waals surface area contributed by atoms with E-state index in [0.29, 0.717) is 39.2 Å². The Morgan fingerprint density at radius 2 is 1.56 bits per heavy atom. The van der Waals surface area contributed by atoms with Crippen LogP contribution in [0.3, 0.4) is 0 Å². The van der Waals surface area contributed by atoms with Crippen molar-refractivity contribution in [3.05, 3.63) is 90.5 Å². The number of pyridine rings is 1. The Balaban J connectivity index is 1.94. The summed E-state index contributed by atoms with van der Waals surface area (Å²) in [4.78, 5) is 52.3. The summed E-state index contributed by atoms with van der Waals surface area (Å²) in [5, 5.41) is 0.642. The van der Waals surface area contributed by atoms with Crippen molar-refractivity contribution in [2.24, 2.45) is 14.1 Å². The second-order valence-corrected chi connectivity index (χ2v) is 8.09. The number of methoxy groups -OCH3 is 2. The van der Waals surface area contributed by atoms with Gasteiger partial charge in [-0.1, -0.05) is 24.3 Å². The van der Waals surface area contributed by atoms with Gasteiger partial charge in [0, 0.05) is 42.4 Å². The molecule has 0 saturated heterocycles. The van der Waals surface area contributed by atoms with Crippen LogP contribution in [0.4, 0.5) is 0 Å². The molecule has 4 aromatic rings. The van der Waals surface area contributed by atoms with Crippen molar-refractivity contribution < 1.29 is 14.3 Å². The number of benzene rings is 2. The number of nitrogens with zero attached hydrogens (tertiary/aromatic N) is 3. The molecule has 9 heteroatoms. The van der Waals surface area contributed by atoms with Gasteiger partial charge in [0.25, 0.3) is 11.1 Å². The average molecular weight is 459 g/mol. The van der Waals surface area contributed by atoms with Crippen molar-refractivity contribution in [3.63, 3.8) is 0 Å². The lowest BCUT2D eigenvalue weighted by Crippen LogP contribution is -2.39. The summed E-state index contributed by atoms with van der Waals surface area (Å²) in [5.41, 5.74) is 0.806. The first kappa shape index (κ1) is 21.4. The SMILES string of the molecule is COc1ccc2c3c(n(Cc4cc(=O)n(C)c(=O)n4C)c(=O)c2c1OC)-c1ccccc1C3=O. The molecule has 172 valence electrons. The number of hydrogen-bond donors (Lipinski definition) is 0. The van der Waals surface area contributed by atoms with Gasteiger partial charge in [0.05, 0.1) is 37.4 Å². The minimum absolute atomic E-state index is 0.0963. The lowest BCUT2D eigenvalue weighted by Gasteiger charge is -2.18. The molecule has 0 N–H and O–H groups in total. The number of ether oxygens (including phenoxy) is 2. The predicted octanol–water partition coefficient (Wildman–Crippen LogP) is 1.68. The molecule has 1 aliphatic carbocycles. The Labute approximate surface area is 193 Å². The van der Waals surface area contributed by atoms with Crippen molar-refractivity contribution in [1.82, 2.24) is 13.7 Å². The minimum Gasteiger partial charge on any atom is -0.493 e. The summed E-state index contributed by atoms with van der Waals surface area (Å²) >= 11 is 0. The molecule has 2 aromatic heterocycles. The van der Waals surface area contributed by atoms with Gasteiger partial charge in [-0.2, -0.15) is 0 Å². The van der Waals surface area contributed by atoms with Crippen LogP contribution >= 0.6 is 0 Å². The molecule has 1 aliphatic rings. The average Bonchev–Trinajstić information content (AvgIpc) is 3.15. The van der Waals surface area contributed by atoms with Gasteiger partial charge >= 0.3 is 5.69 Å². The highest BCUT2D eigenvalue weighted by Gasteiger charge is 2.34. The molecule has 0 fully saturated rings. The summed E-state index contributed by atoms with van der Waals surface area (Å²) in [6.07, 6.45) is 0. The molecule has 5 rings (SSSR count). The minimum atomic E-state index is -0.510. The molecule has 0 atom stereocenters. The molecule has 0 radical (unpaired) electrons. The summed E-state index contributed by atoms with van der Waals surface area (Å²) in [6.45, 7) is -0.0963. The van der Waals surface area contributed by atoms with E-state index in [4.69, 9.17) is 9.47 Å². The van der Waals surface area contributed by atoms with Crippen LogP contribution in [0.2, 0.25) is 0 Å². The van der Waals surface area contributed by atoms with Crippen LogP contribution in [0.5, 0.6) is 11.5 Å². The molecule has 34 heavy (non-hydrogen) atoms. The highest BCUT2D eigenvalue weighted by molar-refractivity contribution is 6.27. The van der Waals surface area contributed by atoms with Crippen molar-refractivity contribution in [1.29, 1.82) is 0 Å². The number of ketones is 1. The predicted molar refractivity (Wildman–Crippen MR) is 126 cm³/mol. The Hall–Kier alpha value is -4.40. The van der Waals surface area contributed by atoms with Crippen LogP contribution in [0, 0.1) is 0 Å². The molecular weight excluding hydrogens is 438 g/mol. The molecule has 0 spiro atoms. The number of rotatable bonds is 4. The second-order valence-electron chi connectivity index (χ2n) is 8.09. The fourth-order valence-electron chi connectivity index (χ4n) is 4.62. The number of carbonyl (C=O) groups excluding carboxylic acids is 1. The van der Waals surface area contributed by atoms with E-state index in [9.17, 15) is 19.2 Å². The van der Waals surface area contributed by atoms with Crippen LogP contribution in [0.1, 0.15) is 21.6 Å². The second kappa shape index (κ2) is 7.58. The number of carbonyl (C=O) groups is 1. The van der Waals surface area contributed by atoms with Crippen LogP contribution in [0.15, 0.2) is 56.8 Å². The molecular formula is C25H21N3O6. The zero-order chi connectivity index (χ0) is 24.3. The smallest absolute Gasteiger partial charge is 0.330 e. The van der Waals surface area contributed by atoms with Gasteiger partial charge < -0.3 is 14.0 Å². The largest absolute Gasteiger partial charge is 0.493 e. The summed E-state index contributed by atoms with van der Waals surface area (Å²) in [7, 11) is 5.81. The number of aromatic nitrogens is 3. The van der Waals surface area contributed by atoms with Crippen LogP contribution in [-0.2, 0) is 20.6 Å². The molecule has 0 amide bonds. The van der Waals surface area contributed by atoms with E-state index >= 15 is 0 Å². The maximum absolute atomic E-state index is 14.0.